The minimum Gasteiger partial charge on any atom is -0.305 e. The molecule has 2 rings (SSSR count). The Bertz CT molecular complexity index is 151. The highest BCUT2D eigenvalue weighted by Gasteiger charge is 2.49. The fourth-order valence-electron chi connectivity index (χ4n) is 1.88. The van der Waals surface area contributed by atoms with Crippen molar-refractivity contribution in [1.29, 1.82) is 0 Å². The maximum Gasteiger partial charge on any atom is 0.141 e. The van der Waals surface area contributed by atoms with Gasteiger partial charge in [-0.15, -0.1) is 0 Å². The number of hydrogen-bond donors (Lipinski definition) is 1. The Hall–Kier alpha value is -0.150. The van der Waals surface area contributed by atoms with Gasteiger partial charge in [-0.2, -0.15) is 0 Å². The number of nitrogens with one attached hydrogen (secondary N) is 1. The van der Waals surface area contributed by atoms with E-state index in [-0.39, 0.29) is 6.04 Å². The minimum atomic E-state index is -0.964. The highest BCUT2D eigenvalue weighted by molar-refractivity contribution is 5.09. The van der Waals surface area contributed by atoms with Gasteiger partial charge in [0.15, 0.2) is 0 Å². The van der Waals surface area contributed by atoms with E-state index < -0.39 is 5.67 Å². The second kappa shape index (κ2) is 1.92. The molecular weight excluding hydrogens is 131 g/mol. The molecule has 10 heavy (non-hydrogen) atoms. The van der Waals surface area contributed by atoms with Gasteiger partial charge >= 0.3 is 0 Å². The maximum absolute atomic E-state index is 13.6. The predicted molar refractivity (Wildman–Crippen MR) is 37.2 cm³/mol. The number of alkyl halides is 1. The Morgan fingerprint density at radius 3 is 3.30 bits per heavy atom. The van der Waals surface area contributed by atoms with Crippen molar-refractivity contribution in [3.05, 3.63) is 6.54 Å². The first-order valence-corrected chi connectivity index (χ1v) is 3.66. The lowest BCUT2D eigenvalue weighted by atomic mass is 10.0. The zero-order chi connectivity index (χ0) is 7.19. The van der Waals surface area contributed by atoms with Gasteiger partial charge in [-0.25, -0.2) is 4.39 Å². The van der Waals surface area contributed by atoms with E-state index >= 15 is 0 Å². The fourth-order valence-corrected chi connectivity index (χ4v) is 1.88. The highest BCUT2D eigenvalue weighted by atomic mass is 19.1. The molecule has 0 aromatic carbocycles. The lowest BCUT2D eigenvalue weighted by Crippen LogP contribution is -2.36. The van der Waals surface area contributed by atoms with Crippen LogP contribution in [0, 0.1) is 6.54 Å². The van der Waals surface area contributed by atoms with Crippen LogP contribution in [-0.2, 0) is 0 Å². The molecule has 2 fully saturated rings. The van der Waals surface area contributed by atoms with Gasteiger partial charge in [-0.05, 0) is 7.05 Å². The summed E-state index contributed by atoms with van der Waals surface area (Å²) in [5.41, 5.74) is -0.964. The van der Waals surface area contributed by atoms with Crippen LogP contribution in [-0.4, -0.2) is 36.7 Å². The van der Waals surface area contributed by atoms with Crippen molar-refractivity contribution >= 4 is 0 Å². The molecule has 2 unspecified atom stereocenters. The van der Waals surface area contributed by atoms with Gasteiger partial charge in [-0.3, -0.25) is 0 Å². The van der Waals surface area contributed by atoms with Crippen LogP contribution in [0.25, 0.3) is 0 Å². The molecule has 1 N–H and O–H groups in total. The summed E-state index contributed by atoms with van der Waals surface area (Å²) in [5, 5.41) is 3.05. The molecule has 0 amide bonds. The number of likely N-dealkylation sites (N-methyl/N-ethyl adjacent to an activating group) is 1. The molecule has 0 spiro atoms. The average Bonchev–Trinajstić information content (AvgIpc) is 2.20. The molecule has 0 aromatic rings. The van der Waals surface area contributed by atoms with Gasteiger partial charge in [0.2, 0.25) is 0 Å². The minimum absolute atomic E-state index is 0.0532. The molecule has 2 aliphatic rings. The van der Waals surface area contributed by atoms with E-state index in [2.05, 4.69) is 5.32 Å². The topological polar surface area (TPSA) is 15.3 Å². The fraction of sp³-hybridized carbons (Fsp3) is 0.857. The van der Waals surface area contributed by atoms with Crippen molar-refractivity contribution in [2.75, 3.05) is 20.1 Å². The van der Waals surface area contributed by atoms with Gasteiger partial charge in [0.1, 0.15) is 5.67 Å². The first-order chi connectivity index (χ1) is 4.71. The summed E-state index contributed by atoms with van der Waals surface area (Å²) in [6.45, 7) is 3.27. The van der Waals surface area contributed by atoms with Gasteiger partial charge in [0.25, 0.3) is 0 Å². The third-order valence-electron chi connectivity index (χ3n) is 2.41. The largest absolute Gasteiger partial charge is 0.305 e. The number of nitrogens with zero attached hydrogens (tertiary/aromatic N) is 1. The third kappa shape index (κ3) is 0.772. The molecular formula is C7H12FN2. The summed E-state index contributed by atoms with van der Waals surface area (Å²) in [6.07, 6.45) is 0.571. The molecule has 2 nitrogen and oxygen atoms in total. The molecule has 2 aliphatic heterocycles. The van der Waals surface area contributed by atoms with Crippen molar-refractivity contribution in [2.24, 2.45) is 0 Å². The molecule has 3 heteroatoms. The lowest BCUT2D eigenvalue weighted by Gasteiger charge is -2.15. The Kier molecular flexibility index (Phi) is 1.26. The second-order valence-corrected chi connectivity index (χ2v) is 3.36. The van der Waals surface area contributed by atoms with Gasteiger partial charge in [0.05, 0.1) is 6.04 Å². The zero-order valence-corrected chi connectivity index (χ0v) is 6.10. The standard InChI is InChI=1S/C7H12FN2/c1-10-4-6-7(8,5-10)2-3-9-6/h3,6,9H,2,4-5H2,1H3. The van der Waals surface area contributed by atoms with Crippen LogP contribution in [0.1, 0.15) is 6.42 Å². The summed E-state index contributed by atoms with van der Waals surface area (Å²) in [6, 6.07) is 0.0532. The summed E-state index contributed by atoms with van der Waals surface area (Å²) in [5.74, 6) is 0. The van der Waals surface area contributed by atoms with Crippen molar-refractivity contribution in [1.82, 2.24) is 10.2 Å². The van der Waals surface area contributed by atoms with Crippen molar-refractivity contribution in [3.63, 3.8) is 0 Å². The number of likely N-dealkylation sites (tertiary alicyclic amines) is 1. The van der Waals surface area contributed by atoms with E-state index in [1.165, 1.54) is 0 Å². The van der Waals surface area contributed by atoms with Gasteiger partial charge in [-0.1, -0.05) is 0 Å². The van der Waals surface area contributed by atoms with E-state index in [9.17, 15) is 4.39 Å². The molecule has 2 atom stereocenters. The van der Waals surface area contributed by atoms with E-state index in [0.717, 1.165) is 6.54 Å². The number of hydrogen-bond acceptors (Lipinski definition) is 2. The van der Waals surface area contributed by atoms with Crippen LogP contribution in [0.15, 0.2) is 0 Å². The van der Waals surface area contributed by atoms with Gasteiger partial charge < -0.3 is 10.2 Å². The smallest absolute Gasteiger partial charge is 0.141 e. The quantitative estimate of drug-likeness (QED) is 0.520. The summed E-state index contributed by atoms with van der Waals surface area (Å²) >= 11 is 0. The van der Waals surface area contributed by atoms with E-state index in [0.29, 0.717) is 13.0 Å². The monoisotopic (exact) mass is 143 g/mol. The van der Waals surface area contributed by atoms with Crippen molar-refractivity contribution in [2.45, 2.75) is 18.1 Å². The van der Waals surface area contributed by atoms with Crippen LogP contribution in [0.5, 0.6) is 0 Å². The Morgan fingerprint density at radius 1 is 1.80 bits per heavy atom. The average molecular weight is 143 g/mol. The first kappa shape index (κ1) is 6.55. The summed E-state index contributed by atoms with van der Waals surface area (Å²) in [4.78, 5) is 2.03. The third-order valence-corrected chi connectivity index (χ3v) is 2.41. The summed E-state index contributed by atoms with van der Waals surface area (Å²) < 4.78 is 13.6. The van der Waals surface area contributed by atoms with Crippen LogP contribution in [0.4, 0.5) is 4.39 Å². The molecule has 2 saturated heterocycles. The van der Waals surface area contributed by atoms with E-state index in [4.69, 9.17) is 0 Å². The molecule has 0 aliphatic carbocycles. The van der Waals surface area contributed by atoms with Crippen molar-refractivity contribution in [3.8, 4) is 0 Å². The Balaban J connectivity index is 2.15. The number of fused-ring (bicyclic) bond motifs is 1. The molecule has 0 bridgehead atoms. The molecule has 1 radical (unpaired) electrons. The second-order valence-electron chi connectivity index (χ2n) is 3.36. The zero-order valence-electron chi connectivity index (χ0n) is 6.10. The maximum atomic E-state index is 13.6. The highest BCUT2D eigenvalue weighted by Crippen LogP contribution is 2.33. The Labute approximate surface area is 60.4 Å². The van der Waals surface area contributed by atoms with Crippen LogP contribution < -0.4 is 5.32 Å². The number of rotatable bonds is 0. The van der Waals surface area contributed by atoms with Crippen molar-refractivity contribution < 1.29 is 4.39 Å². The van der Waals surface area contributed by atoms with Crippen LogP contribution in [0.3, 0.4) is 0 Å². The number of halogens is 1. The first-order valence-electron chi connectivity index (χ1n) is 3.66. The summed E-state index contributed by atoms with van der Waals surface area (Å²) in [7, 11) is 1.96. The molecule has 0 saturated carbocycles. The van der Waals surface area contributed by atoms with Crippen LogP contribution >= 0.6 is 0 Å². The molecule has 2 heterocycles. The lowest BCUT2D eigenvalue weighted by molar-refractivity contribution is 0.174. The molecule has 0 aromatic heterocycles. The SMILES string of the molecule is CN1CC2N[CH]CC2(F)C1. The Morgan fingerprint density at radius 2 is 2.60 bits per heavy atom. The van der Waals surface area contributed by atoms with E-state index in [1.54, 1.807) is 0 Å². The molecule has 57 valence electrons. The predicted octanol–water partition coefficient (Wildman–Crippen LogP) is 0.164. The van der Waals surface area contributed by atoms with Gasteiger partial charge in [0, 0.05) is 26.1 Å². The van der Waals surface area contributed by atoms with Crippen LogP contribution in [0.2, 0.25) is 0 Å². The normalized spacial score (nSPS) is 48.0. The van der Waals surface area contributed by atoms with E-state index in [1.807, 2.05) is 18.5 Å².